The SMILES string of the molecule is CC1=C(C)[CH2][Ge]([c]2ccc(C)cc2)([c]2ccc(C)cc2)[CH2]1. The predicted octanol–water partition coefficient (Wildman–Crippen LogP) is 4.22. The van der Waals surface area contributed by atoms with Crippen LogP contribution in [-0.4, -0.2) is 13.3 Å². The molecule has 0 radical (unpaired) electrons. The summed E-state index contributed by atoms with van der Waals surface area (Å²) >= 11 is -2.25. The summed E-state index contributed by atoms with van der Waals surface area (Å²) in [4.78, 5) is 0. The second-order valence-corrected chi connectivity index (χ2v) is 15.2. The topological polar surface area (TPSA) is 0 Å². The van der Waals surface area contributed by atoms with E-state index in [0.717, 1.165) is 0 Å². The Hall–Kier alpha value is -1.28. The second-order valence-electron chi connectivity index (χ2n) is 6.73. The third-order valence-electron chi connectivity index (χ3n) is 5.07. The standard InChI is InChI=1S/C20H24Ge/c1-15-5-9-19(10-6-15)21(13-17(3)18(4)14-21)20-11-7-16(2)8-12-20/h5-12H,13-14H2,1-4H3. The first-order chi connectivity index (χ1) is 10.0. The molecule has 0 aliphatic carbocycles. The van der Waals surface area contributed by atoms with Crippen molar-refractivity contribution in [3.8, 4) is 0 Å². The summed E-state index contributed by atoms with van der Waals surface area (Å²) < 4.78 is 3.28. The molecule has 0 atom stereocenters. The Morgan fingerprint density at radius 1 is 0.571 bits per heavy atom. The van der Waals surface area contributed by atoms with Crippen LogP contribution in [0.15, 0.2) is 59.7 Å². The van der Waals surface area contributed by atoms with Gasteiger partial charge >= 0.3 is 131 Å². The van der Waals surface area contributed by atoms with E-state index in [-0.39, 0.29) is 0 Å². The molecule has 0 aromatic heterocycles. The van der Waals surface area contributed by atoms with Crippen LogP contribution in [0.5, 0.6) is 0 Å². The zero-order valence-corrected chi connectivity index (χ0v) is 15.6. The van der Waals surface area contributed by atoms with E-state index in [1.54, 1.807) is 19.9 Å². The molecule has 0 amide bonds. The van der Waals surface area contributed by atoms with Crippen LogP contribution >= 0.6 is 0 Å². The van der Waals surface area contributed by atoms with Gasteiger partial charge in [-0.05, 0) is 0 Å². The van der Waals surface area contributed by atoms with Gasteiger partial charge in [-0.2, -0.15) is 0 Å². The molecule has 0 fully saturated rings. The molecule has 0 saturated carbocycles. The number of aryl methyl sites for hydroxylation is 2. The first-order valence-electron chi connectivity index (χ1n) is 7.81. The van der Waals surface area contributed by atoms with Crippen molar-refractivity contribution in [2.45, 2.75) is 38.2 Å². The van der Waals surface area contributed by atoms with Crippen LogP contribution in [0.1, 0.15) is 25.0 Å². The van der Waals surface area contributed by atoms with Gasteiger partial charge in [0.15, 0.2) is 0 Å². The molecule has 0 nitrogen and oxygen atoms in total. The van der Waals surface area contributed by atoms with Crippen molar-refractivity contribution in [3.05, 3.63) is 70.8 Å². The van der Waals surface area contributed by atoms with Crippen LogP contribution in [0, 0.1) is 13.8 Å². The van der Waals surface area contributed by atoms with Gasteiger partial charge in [0.05, 0.1) is 0 Å². The first kappa shape index (κ1) is 14.7. The van der Waals surface area contributed by atoms with E-state index in [4.69, 9.17) is 0 Å². The minimum absolute atomic E-state index is 1.33. The Kier molecular flexibility index (Phi) is 3.83. The number of hydrogen-bond acceptors (Lipinski definition) is 0. The molecule has 0 N–H and O–H groups in total. The van der Waals surface area contributed by atoms with Crippen molar-refractivity contribution in [2.75, 3.05) is 0 Å². The average Bonchev–Trinajstić information content (AvgIpc) is 2.77. The van der Waals surface area contributed by atoms with Crippen LogP contribution in [0.25, 0.3) is 0 Å². The molecule has 1 aliphatic heterocycles. The summed E-state index contributed by atoms with van der Waals surface area (Å²) in [7, 11) is 0. The number of allylic oxidation sites excluding steroid dienone is 2. The fraction of sp³-hybridized carbons (Fsp3) is 0.300. The number of rotatable bonds is 2. The molecule has 1 heteroatoms. The van der Waals surface area contributed by atoms with Gasteiger partial charge in [0, 0.05) is 0 Å². The van der Waals surface area contributed by atoms with Gasteiger partial charge < -0.3 is 0 Å². The summed E-state index contributed by atoms with van der Waals surface area (Å²) in [6.45, 7) is 9.03. The quantitative estimate of drug-likeness (QED) is 0.569. The summed E-state index contributed by atoms with van der Waals surface area (Å²) in [5.74, 6) is 0. The van der Waals surface area contributed by atoms with E-state index in [1.165, 1.54) is 21.6 Å². The van der Waals surface area contributed by atoms with E-state index in [2.05, 4.69) is 76.2 Å². The van der Waals surface area contributed by atoms with E-state index in [0.29, 0.717) is 0 Å². The Morgan fingerprint density at radius 3 is 1.24 bits per heavy atom. The molecular formula is C20H24Ge. The molecule has 1 aliphatic rings. The number of benzene rings is 2. The molecule has 0 saturated heterocycles. The van der Waals surface area contributed by atoms with Gasteiger partial charge in [0.25, 0.3) is 0 Å². The maximum atomic E-state index is 2.40. The van der Waals surface area contributed by atoms with Gasteiger partial charge in [-0.15, -0.1) is 0 Å². The van der Waals surface area contributed by atoms with Crippen LogP contribution in [0.3, 0.4) is 0 Å². The second kappa shape index (κ2) is 5.49. The van der Waals surface area contributed by atoms with Crippen LogP contribution in [0.2, 0.25) is 10.5 Å². The fourth-order valence-electron chi connectivity index (χ4n) is 3.59. The third kappa shape index (κ3) is 2.62. The van der Waals surface area contributed by atoms with Crippen molar-refractivity contribution < 1.29 is 0 Å². The Balaban J connectivity index is 2.13. The van der Waals surface area contributed by atoms with E-state index in [1.807, 2.05) is 0 Å². The van der Waals surface area contributed by atoms with Gasteiger partial charge in [-0.3, -0.25) is 0 Å². The summed E-state index contributed by atoms with van der Waals surface area (Å²) in [5, 5.41) is 2.66. The molecule has 108 valence electrons. The monoisotopic (exact) mass is 338 g/mol. The first-order valence-corrected chi connectivity index (χ1v) is 12.9. The minimum atomic E-state index is -2.25. The zero-order valence-electron chi connectivity index (χ0n) is 13.5. The van der Waals surface area contributed by atoms with Crippen molar-refractivity contribution in [3.63, 3.8) is 0 Å². The van der Waals surface area contributed by atoms with Gasteiger partial charge in [0.1, 0.15) is 0 Å². The van der Waals surface area contributed by atoms with E-state index < -0.39 is 13.3 Å². The number of hydrogen-bond donors (Lipinski definition) is 0. The van der Waals surface area contributed by atoms with Crippen molar-refractivity contribution in [1.82, 2.24) is 0 Å². The summed E-state index contributed by atoms with van der Waals surface area (Å²) in [5.41, 5.74) is 5.99. The van der Waals surface area contributed by atoms with Crippen molar-refractivity contribution in [1.29, 1.82) is 0 Å². The molecule has 2 aromatic rings. The summed E-state index contributed by atoms with van der Waals surface area (Å²) in [6, 6.07) is 18.8. The van der Waals surface area contributed by atoms with Crippen molar-refractivity contribution in [2.24, 2.45) is 0 Å². The predicted molar refractivity (Wildman–Crippen MR) is 95.4 cm³/mol. The van der Waals surface area contributed by atoms with E-state index in [9.17, 15) is 0 Å². The Morgan fingerprint density at radius 2 is 0.905 bits per heavy atom. The van der Waals surface area contributed by atoms with Crippen LogP contribution < -0.4 is 8.79 Å². The molecule has 2 aromatic carbocycles. The molecule has 0 bridgehead atoms. The van der Waals surface area contributed by atoms with Crippen molar-refractivity contribution >= 4 is 22.1 Å². The van der Waals surface area contributed by atoms with Gasteiger partial charge in [0.2, 0.25) is 0 Å². The molecule has 0 spiro atoms. The molecule has 0 unspecified atom stereocenters. The van der Waals surface area contributed by atoms with Crippen LogP contribution in [-0.2, 0) is 0 Å². The molecule has 21 heavy (non-hydrogen) atoms. The Labute approximate surface area is 131 Å². The average molecular weight is 337 g/mol. The van der Waals surface area contributed by atoms with Gasteiger partial charge in [-0.25, -0.2) is 0 Å². The normalized spacial score (nSPS) is 17.3. The van der Waals surface area contributed by atoms with Crippen LogP contribution in [0.4, 0.5) is 0 Å². The van der Waals surface area contributed by atoms with Gasteiger partial charge in [-0.1, -0.05) is 0 Å². The summed E-state index contributed by atoms with van der Waals surface area (Å²) in [6.07, 6.45) is 0. The molecule has 1 heterocycles. The maximum absolute atomic E-state index is 2.40. The molecule has 3 rings (SSSR count). The molecular weight excluding hydrogens is 313 g/mol. The zero-order chi connectivity index (χ0) is 15.0. The van der Waals surface area contributed by atoms with E-state index >= 15 is 0 Å². The Bertz CT molecular complexity index is 613. The fourth-order valence-corrected chi connectivity index (χ4v) is 14.7. The third-order valence-corrected chi connectivity index (χ3v) is 15.9.